The summed E-state index contributed by atoms with van der Waals surface area (Å²) in [4.78, 5) is 44.6. The molecule has 0 aliphatic carbocycles. The number of amides is 4. The lowest BCUT2D eigenvalue weighted by Crippen LogP contribution is -2.62. The van der Waals surface area contributed by atoms with Crippen molar-refractivity contribution in [3.05, 3.63) is 77.0 Å². The number of nitrogens with one attached hydrogen (secondary N) is 3. The first-order valence-corrected chi connectivity index (χ1v) is 12.3. The van der Waals surface area contributed by atoms with Gasteiger partial charge in [-0.2, -0.15) is 0 Å². The molecular weight excluding hydrogens is 454 g/mol. The van der Waals surface area contributed by atoms with Crippen LogP contribution in [0.2, 0.25) is 0 Å². The second kappa shape index (κ2) is 9.35. The number of hydrogen-bond donors (Lipinski definition) is 3. The molecule has 0 saturated carbocycles. The Morgan fingerprint density at radius 1 is 1.17 bits per heavy atom. The summed E-state index contributed by atoms with van der Waals surface area (Å²) in [5, 5.41) is 9.27. The molecule has 2 atom stereocenters. The summed E-state index contributed by atoms with van der Waals surface area (Å²) in [5.41, 5.74) is 3.59. The van der Waals surface area contributed by atoms with E-state index in [0.29, 0.717) is 24.6 Å². The lowest BCUT2D eigenvalue weighted by Gasteiger charge is -2.27. The van der Waals surface area contributed by atoms with Crippen molar-refractivity contribution >= 4 is 28.7 Å². The number of carbonyl (C=O) groups excluding carboxylic acids is 3. The Morgan fingerprint density at radius 2 is 1.92 bits per heavy atom. The lowest BCUT2D eigenvalue weighted by molar-refractivity contribution is -0.124. The van der Waals surface area contributed by atoms with Crippen LogP contribution in [0, 0.1) is 12.8 Å². The van der Waals surface area contributed by atoms with E-state index < -0.39 is 17.6 Å². The molecule has 4 amide bonds. The first-order chi connectivity index (χ1) is 17.2. The van der Waals surface area contributed by atoms with Gasteiger partial charge < -0.3 is 10.6 Å². The predicted molar refractivity (Wildman–Crippen MR) is 138 cm³/mol. The van der Waals surface area contributed by atoms with E-state index in [4.69, 9.17) is 0 Å². The second-order valence-corrected chi connectivity index (χ2v) is 10.3. The van der Waals surface area contributed by atoms with Gasteiger partial charge in [0.25, 0.3) is 11.8 Å². The molecule has 5 rings (SSSR count). The molecule has 8 heteroatoms. The normalized spacial score (nSPS) is 21.8. The first-order valence-electron chi connectivity index (χ1n) is 12.3. The standard InChI is InChI=1S/C28H31N5O3/c1-17(2)14-33-15-24(28(16-33)26(35)31-27(36)32-28)30-25(34)20-10-8-19(9-11-20)13-21-12-18(3)29-23-7-5-4-6-22(21)23/h4-12,17,24H,13-16H2,1-3H3,(H,30,34)(H2,31,32,35,36)/t24-,28+/m1/s1. The van der Waals surface area contributed by atoms with E-state index in [0.717, 1.165) is 35.1 Å². The van der Waals surface area contributed by atoms with Crippen LogP contribution in [0.1, 0.15) is 41.0 Å². The zero-order valence-electron chi connectivity index (χ0n) is 20.8. The highest BCUT2D eigenvalue weighted by Gasteiger charge is 2.57. The van der Waals surface area contributed by atoms with E-state index >= 15 is 0 Å². The number of imide groups is 1. The summed E-state index contributed by atoms with van der Waals surface area (Å²) in [6, 6.07) is 16.7. The molecule has 3 heterocycles. The van der Waals surface area contributed by atoms with Crippen molar-refractivity contribution in [2.75, 3.05) is 19.6 Å². The average Bonchev–Trinajstić information content (AvgIpc) is 3.30. The predicted octanol–water partition coefficient (Wildman–Crippen LogP) is 2.78. The van der Waals surface area contributed by atoms with Gasteiger partial charge in [0.1, 0.15) is 0 Å². The number of aryl methyl sites for hydroxylation is 1. The first kappa shape index (κ1) is 23.9. The lowest BCUT2D eigenvalue weighted by atomic mass is 9.93. The van der Waals surface area contributed by atoms with Crippen LogP contribution in [0.3, 0.4) is 0 Å². The fourth-order valence-electron chi connectivity index (χ4n) is 5.40. The van der Waals surface area contributed by atoms with Crippen LogP contribution in [0.15, 0.2) is 54.6 Å². The zero-order chi connectivity index (χ0) is 25.4. The summed E-state index contributed by atoms with van der Waals surface area (Å²) in [6.07, 6.45) is 0.730. The van der Waals surface area contributed by atoms with E-state index in [2.05, 4.69) is 51.8 Å². The monoisotopic (exact) mass is 485 g/mol. The highest BCUT2D eigenvalue weighted by atomic mass is 16.2. The van der Waals surface area contributed by atoms with Crippen molar-refractivity contribution in [2.24, 2.45) is 5.92 Å². The molecule has 2 aromatic carbocycles. The molecule has 8 nitrogen and oxygen atoms in total. The number of urea groups is 1. The SMILES string of the molecule is Cc1cc(Cc2ccc(C(=O)N[C@@H]3CN(CC(C)C)C[C@]34NC(=O)NC4=O)cc2)c2ccccc2n1. The number of benzene rings is 2. The number of para-hydroxylation sites is 1. The molecule has 186 valence electrons. The van der Waals surface area contributed by atoms with Gasteiger partial charge in [0.2, 0.25) is 0 Å². The van der Waals surface area contributed by atoms with Crippen LogP contribution in [-0.4, -0.2) is 58.9 Å². The Morgan fingerprint density at radius 3 is 2.61 bits per heavy atom. The van der Waals surface area contributed by atoms with Gasteiger partial charge in [-0.15, -0.1) is 0 Å². The van der Waals surface area contributed by atoms with Crippen molar-refractivity contribution in [1.29, 1.82) is 0 Å². The number of rotatable bonds is 6. The van der Waals surface area contributed by atoms with Crippen molar-refractivity contribution in [2.45, 2.75) is 38.8 Å². The molecule has 1 spiro atoms. The third-order valence-electron chi connectivity index (χ3n) is 6.95. The minimum atomic E-state index is -1.15. The van der Waals surface area contributed by atoms with Gasteiger partial charge in [0.15, 0.2) is 5.54 Å². The smallest absolute Gasteiger partial charge is 0.322 e. The van der Waals surface area contributed by atoms with Crippen LogP contribution in [0.25, 0.3) is 10.9 Å². The van der Waals surface area contributed by atoms with E-state index in [1.807, 2.05) is 49.4 Å². The molecule has 2 aliphatic rings. The molecular formula is C28H31N5O3. The minimum absolute atomic E-state index is 0.267. The highest BCUT2D eigenvalue weighted by Crippen LogP contribution is 2.27. The van der Waals surface area contributed by atoms with Crippen LogP contribution in [0.4, 0.5) is 4.79 Å². The van der Waals surface area contributed by atoms with Crippen molar-refractivity contribution in [1.82, 2.24) is 25.8 Å². The van der Waals surface area contributed by atoms with Gasteiger partial charge >= 0.3 is 6.03 Å². The van der Waals surface area contributed by atoms with Crippen LogP contribution < -0.4 is 16.0 Å². The molecule has 0 unspecified atom stereocenters. The molecule has 0 radical (unpaired) electrons. The Labute approximate surface area is 210 Å². The van der Waals surface area contributed by atoms with Crippen molar-refractivity contribution in [3.63, 3.8) is 0 Å². The molecule has 3 N–H and O–H groups in total. The third-order valence-corrected chi connectivity index (χ3v) is 6.95. The Hall–Kier alpha value is -3.78. The van der Waals surface area contributed by atoms with Crippen LogP contribution in [-0.2, 0) is 11.2 Å². The van der Waals surface area contributed by atoms with Gasteiger partial charge in [0.05, 0.1) is 11.6 Å². The Kier molecular flexibility index (Phi) is 6.22. The highest BCUT2D eigenvalue weighted by molar-refractivity contribution is 6.08. The maximum Gasteiger partial charge on any atom is 0.322 e. The fraction of sp³-hybridized carbons (Fsp3) is 0.357. The number of carbonyl (C=O) groups is 3. The quantitative estimate of drug-likeness (QED) is 0.466. The summed E-state index contributed by atoms with van der Waals surface area (Å²) in [5.74, 6) is -0.263. The van der Waals surface area contributed by atoms with Crippen LogP contribution >= 0.6 is 0 Å². The van der Waals surface area contributed by atoms with Crippen molar-refractivity contribution < 1.29 is 14.4 Å². The molecule has 0 bridgehead atoms. The molecule has 3 aromatic rings. The molecule has 1 aromatic heterocycles. The van der Waals surface area contributed by atoms with Gasteiger partial charge in [-0.25, -0.2) is 4.79 Å². The van der Waals surface area contributed by atoms with Gasteiger partial charge in [-0.3, -0.25) is 24.8 Å². The third kappa shape index (κ3) is 4.56. The Bertz CT molecular complexity index is 1340. The number of aromatic nitrogens is 1. The number of likely N-dealkylation sites (tertiary alicyclic amines) is 1. The van der Waals surface area contributed by atoms with Crippen LogP contribution in [0.5, 0.6) is 0 Å². The molecule has 2 aliphatic heterocycles. The van der Waals surface area contributed by atoms with Gasteiger partial charge in [0, 0.05) is 36.3 Å². The molecule has 2 fully saturated rings. The number of nitrogens with zero attached hydrogens (tertiary/aromatic N) is 2. The topological polar surface area (TPSA) is 103 Å². The molecule has 36 heavy (non-hydrogen) atoms. The zero-order valence-corrected chi connectivity index (χ0v) is 20.8. The summed E-state index contributed by atoms with van der Waals surface area (Å²) in [7, 11) is 0. The van der Waals surface area contributed by atoms with Gasteiger partial charge in [-0.1, -0.05) is 44.2 Å². The molecule has 2 saturated heterocycles. The minimum Gasteiger partial charge on any atom is -0.345 e. The van der Waals surface area contributed by atoms with E-state index in [9.17, 15) is 14.4 Å². The van der Waals surface area contributed by atoms with E-state index in [1.54, 1.807) is 0 Å². The summed E-state index contributed by atoms with van der Waals surface area (Å²) < 4.78 is 0. The number of fused-ring (bicyclic) bond motifs is 1. The maximum absolute atomic E-state index is 13.2. The summed E-state index contributed by atoms with van der Waals surface area (Å²) in [6.45, 7) is 7.83. The average molecular weight is 486 g/mol. The number of pyridine rings is 1. The maximum atomic E-state index is 13.2. The van der Waals surface area contributed by atoms with E-state index in [-0.39, 0.29) is 11.8 Å². The van der Waals surface area contributed by atoms with Gasteiger partial charge in [-0.05, 0) is 54.7 Å². The second-order valence-electron chi connectivity index (χ2n) is 10.3. The largest absolute Gasteiger partial charge is 0.345 e. The van der Waals surface area contributed by atoms with Crippen molar-refractivity contribution in [3.8, 4) is 0 Å². The Balaban J connectivity index is 1.32. The fourth-order valence-corrected chi connectivity index (χ4v) is 5.40. The number of hydrogen-bond acceptors (Lipinski definition) is 5. The van der Waals surface area contributed by atoms with E-state index in [1.165, 1.54) is 5.56 Å². The summed E-state index contributed by atoms with van der Waals surface area (Å²) >= 11 is 0.